The van der Waals surface area contributed by atoms with E-state index in [0.29, 0.717) is 36.1 Å². The second-order valence-electron chi connectivity index (χ2n) is 11.6. The fraction of sp³-hybridized carbons (Fsp3) is 0.467. The van der Waals surface area contributed by atoms with Crippen molar-refractivity contribution < 1.29 is 14.0 Å². The van der Waals surface area contributed by atoms with Gasteiger partial charge in [-0.05, 0) is 79.0 Å². The van der Waals surface area contributed by atoms with Crippen LogP contribution in [0.25, 0.3) is 0 Å². The average Bonchev–Trinajstić information content (AvgIpc) is 3.17. The lowest BCUT2D eigenvalue weighted by Crippen LogP contribution is -2.50. The largest absolute Gasteiger partial charge is 0.345 e. The summed E-state index contributed by atoms with van der Waals surface area (Å²) in [5, 5.41) is 6.38. The molecule has 1 aliphatic carbocycles. The molecule has 1 saturated carbocycles. The standard InChI is InChI=1S/C30H39FN6O2/c1-29(2,3)23-14-16-30(17-15-23)20-36(25-12-10-24(31)11-13-25)28(39)37(30)19-21-6-8-22(9-7-21)27(38)34-18-26(32-4)35-33-5/h6-13,23H,5,14-20H2,1-4H3,(H,32,35)(H,34,38). The molecule has 0 atom stereocenters. The Bertz CT molecular complexity index is 1210. The summed E-state index contributed by atoms with van der Waals surface area (Å²) in [5.41, 5.74) is 4.76. The van der Waals surface area contributed by atoms with Gasteiger partial charge in [0.05, 0.1) is 18.6 Å². The second-order valence-corrected chi connectivity index (χ2v) is 11.6. The van der Waals surface area contributed by atoms with Crippen LogP contribution in [0.15, 0.2) is 58.6 Å². The topological polar surface area (TPSA) is 89.4 Å². The minimum Gasteiger partial charge on any atom is -0.345 e. The number of nitrogens with zero attached hydrogens (tertiary/aromatic N) is 4. The first-order valence-corrected chi connectivity index (χ1v) is 13.5. The predicted molar refractivity (Wildman–Crippen MR) is 154 cm³/mol. The van der Waals surface area contributed by atoms with Crippen molar-refractivity contribution in [3.05, 3.63) is 65.5 Å². The van der Waals surface area contributed by atoms with Gasteiger partial charge in [0.25, 0.3) is 5.91 Å². The lowest BCUT2D eigenvalue weighted by atomic mass is 9.67. The number of hydrogen-bond donors (Lipinski definition) is 2. The third-order valence-corrected chi connectivity index (χ3v) is 8.22. The number of hydrazone groups is 1. The summed E-state index contributed by atoms with van der Waals surface area (Å²) < 4.78 is 13.6. The van der Waals surface area contributed by atoms with Crippen LogP contribution in [0.4, 0.5) is 14.9 Å². The van der Waals surface area contributed by atoms with Crippen LogP contribution in [0.1, 0.15) is 62.4 Å². The molecule has 0 bridgehead atoms. The molecular formula is C30H39FN6O2. The molecule has 9 heteroatoms. The average molecular weight is 535 g/mol. The van der Waals surface area contributed by atoms with Crippen molar-refractivity contribution in [1.29, 1.82) is 0 Å². The van der Waals surface area contributed by atoms with E-state index in [1.165, 1.54) is 12.1 Å². The summed E-state index contributed by atoms with van der Waals surface area (Å²) in [6.07, 6.45) is 3.97. The highest BCUT2D eigenvalue weighted by Crippen LogP contribution is 2.47. The third-order valence-electron chi connectivity index (χ3n) is 8.22. The van der Waals surface area contributed by atoms with Gasteiger partial charge >= 0.3 is 6.03 Å². The lowest BCUT2D eigenvalue weighted by Gasteiger charge is -2.45. The Labute approximate surface area is 230 Å². The SMILES string of the molecule is C=NNC(CNC(=O)c1ccc(CN2C(=O)N(c3ccc(F)cc3)CC23CCC(C(C)(C)C)CC3)cc1)=NC. The van der Waals surface area contributed by atoms with Gasteiger partial charge in [-0.2, -0.15) is 5.10 Å². The van der Waals surface area contributed by atoms with E-state index in [9.17, 15) is 14.0 Å². The van der Waals surface area contributed by atoms with Crippen molar-refractivity contribution in [3.8, 4) is 0 Å². The molecule has 39 heavy (non-hydrogen) atoms. The van der Waals surface area contributed by atoms with E-state index in [-0.39, 0.29) is 35.3 Å². The Morgan fingerprint density at radius 3 is 2.31 bits per heavy atom. The van der Waals surface area contributed by atoms with Crippen molar-refractivity contribution in [2.75, 3.05) is 25.0 Å². The first-order chi connectivity index (χ1) is 18.6. The Balaban J connectivity index is 1.52. The van der Waals surface area contributed by atoms with Gasteiger partial charge in [-0.1, -0.05) is 32.9 Å². The Morgan fingerprint density at radius 1 is 1.10 bits per heavy atom. The van der Waals surface area contributed by atoms with E-state index in [1.807, 2.05) is 17.0 Å². The zero-order valence-corrected chi connectivity index (χ0v) is 23.3. The Morgan fingerprint density at radius 2 is 1.74 bits per heavy atom. The number of aliphatic imine (C=N–C) groups is 1. The molecule has 3 amide bonds. The minimum absolute atomic E-state index is 0.0626. The summed E-state index contributed by atoms with van der Waals surface area (Å²) in [5.74, 6) is 0.553. The number of nitrogens with one attached hydrogen (secondary N) is 2. The summed E-state index contributed by atoms with van der Waals surface area (Å²) in [6, 6.07) is 13.4. The van der Waals surface area contributed by atoms with Crippen molar-refractivity contribution in [2.45, 2.75) is 58.5 Å². The molecule has 0 radical (unpaired) electrons. The van der Waals surface area contributed by atoms with Gasteiger partial charge in [-0.15, -0.1) is 0 Å². The molecule has 1 heterocycles. The molecule has 8 nitrogen and oxygen atoms in total. The molecule has 0 aromatic heterocycles. The molecule has 1 aliphatic heterocycles. The minimum atomic E-state index is -0.321. The van der Waals surface area contributed by atoms with Crippen LogP contribution in [0, 0.1) is 17.2 Å². The number of carbonyl (C=O) groups excluding carboxylic acids is 2. The number of anilines is 1. The van der Waals surface area contributed by atoms with E-state index < -0.39 is 0 Å². The first kappa shape index (κ1) is 28.3. The highest BCUT2D eigenvalue weighted by molar-refractivity contribution is 5.97. The van der Waals surface area contributed by atoms with Crippen molar-refractivity contribution in [2.24, 2.45) is 21.4 Å². The van der Waals surface area contributed by atoms with E-state index in [1.54, 1.807) is 36.2 Å². The van der Waals surface area contributed by atoms with Gasteiger partial charge in [0.2, 0.25) is 0 Å². The van der Waals surface area contributed by atoms with E-state index in [4.69, 9.17) is 0 Å². The van der Waals surface area contributed by atoms with Crippen molar-refractivity contribution in [1.82, 2.24) is 15.6 Å². The normalized spacial score (nSPS) is 21.8. The molecule has 208 valence electrons. The van der Waals surface area contributed by atoms with Gasteiger partial charge in [0.15, 0.2) is 0 Å². The van der Waals surface area contributed by atoms with Gasteiger partial charge in [0, 0.05) is 31.6 Å². The summed E-state index contributed by atoms with van der Waals surface area (Å²) in [6.45, 7) is 11.5. The maximum absolute atomic E-state index is 13.8. The van der Waals surface area contributed by atoms with Crippen LogP contribution in [0.3, 0.4) is 0 Å². The molecule has 2 N–H and O–H groups in total. The van der Waals surface area contributed by atoms with E-state index in [2.05, 4.69) is 48.3 Å². The van der Waals surface area contributed by atoms with Gasteiger partial charge < -0.3 is 10.2 Å². The van der Waals surface area contributed by atoms with E-state index in [0.717, 1.165) is 31.2 Å². The van der Waals surface area contributed by atoms with Crippen LogP contribution in [0.2, 0.25) is 0 Å². The van der Waals surface area contributed by atoms with E-state index >= 15 is 0 Å². The molecule has 1 spiro atoms. The van der Waals surface area contributed by atoms with Gasteiger partial charge in [0.1, 0.15) is 11.7 Å². The molecule has 0 unspecified atom stereocenters. The maximum atomic E-state index is 13.8. The van der Waals surface area contributed by atoms with Crippen LogP contribution < -0.4 is 15.6 Å². The lowest BCUT2D eigenvalue weighted by molar-refractivity contribution is 0.0631. The van der Waals surface area contributed by atoms with Crippen molar-refractivity contribution in [3.63, 3.8) is 0 Å². The van der Waals surface area contributed by atoms with Gasteiger partial charge in [-0.3, -0.25) is 20.1 Å². The molecule has 1 saturated heterocycles. The Hall–Kier alpha value is -3.75. The number of carbonyl (C=O) groups is 2. The number of amides is 3. The first-order valence-electron chi connectivity index (χ1n) is 13.5. The van der Waals surface area contributed by atoms with Crippen LogP contribution in [0.5, 0.6) is 0 Å². The third kappa shape index (κ3) is 6.29. The van der Waals surface area contributed by atoms with Crippen LogP contribution >= 0.6 is 0 Å². The number of benzene rings is 2. The maximum Gasteiger partial charge on any atom is 0.325 e. The smallest absolute Gasteiger partial charge is 0.325 e. The fourth-order valence-electron chi connectivity index (χ4n) is 5.77. The molecule has 2 aromatic carbocycles. The highest BCUT2D eigenvalue weighted by Gasteiger charge is 2.52. The Kier molecular flexibility index (Phi) is 8.37. The monoisotopic (exact) mass is 534 g/mol. The fourth-order valence-corrected chi connectivity index (χ4v) is 5.77. The zero-order valence-electron chi connectivity index (χ0n) is 23.3. The summed E-state index contributed by atoms with van der Waals surface area (Å²) in [7, 11) is 1.60. The number of halogens is 1. The highest BCUT2D eigenvalue weighted by atomic mass is 19.1. The molecule has 2 fully saturated rings. The second kappa shape index (κ2) is 11.6. The number of rotatable bonds is 7. The number of urea groups is 1. The molecule has 2 aromatic rings. The number of amidine groups is 1. The summed E-state index contributed by atoms with van der Waals surface area (Å²) >= 11 is 0. The zero-order chi connectivity index (χ0) is 28.2. The van der Waals surface area contributed by atoms with Crippen molar-refractivity contribution >= 4 is 30.2 Å². The predicted octanol–water partition coefficient (Wildman–Crippen LogP) is 5.21. The quantitative estimate of drug-likeness (QED) is 0.291. The van der Waals surface area contributed by atoms with Crippen LogP contribution in [-0.4, -0.2) is 55.1 Å². The molecule has 4 rings (SSSR count). The van der Waals surface area contributed by atoms with Crippen LogP contribution in [-0.2, 0) is 6.54 Å². The van der Waals surface area contributed by atoms with Gasteiger partial charge in [-0.25, -0.2) is 9.18 Å². The molecular weight excluding hydrogens is 495 g/mol. The molecule has 2 aliphatic rings. The number of hydrogen-bond acceptors (Lipinski definition) is 4. The summed E-state index contributed by atoms with van der Waals surface area (Å²) in [4.78, 5) is 34.2.